The van der Waals surface area contributed by atoms with Gasteiger partial charge in [-0.1, -0.05) is 65.3 Å². The van der Waals surface area contributed by atoms with Gasteiger partial charge in [0.1, 0.15) is 0 Å². The van der Waals surface area contributed by atoms with Gasteiger partial charge < -0.3 is 5.73 Å². The first kappa shape index (κ1) is 14.3. The van der Waals surface area contributed by atoms with Gasteiger partial charge in [0.15, 0.2) is 0 Å². The third-order valence-electron chi connectivity index (χ3n) is 3.55. The summed E-state index contributed by atoms with van der Waals surface area (Å²) in [6, 6.07) is 18.9. The van der Waals surface area contributed by atoms with Crippen LogP contribution in [-0.2, 0) is 12.8 Å². The molecule has 0 bridgehead atoms. The van der Waals surface area contributed by atoms with Gasteiger partial charge in [-0.2, -0.15) is 0 Å². The molecule has 0 fully saturated rings. The van der Waals surface area contributed by atoms with Crippen molar-refractivity contribution < 1.29 is 0 Å². The Morgan fingerprint density at radius 3 is 2.21 bits per heavy atom. The third kappa shape index (κ3) is 4.19. The van der Waals surface area contributed by atoms with Gasteiger partial charge in [-0.3, -0.25) is 0 Å². The first-order valence-corrected chi connectivity index (χ1v) is 7.48. The molecule has 2 rings (SSSR count). The predicted molar refractivity (Wildman–Crippen MR) is 85.2 cm³/mol. The SMILES string of the molecule is CCC(N)(Cc1ccccc1)Cc1cccc(Br)c1. The highest BCUT2D eigenvalue weighted by atomic mass is 79.9. The zero-order chi connectivity index (χ0) is 13.7. The van der Waals surface area contributed by atoms with Crippen molar-refractivity contribution >= 4 is 15.9 Å². The van der Waals surface area contributed by atoms with Crippen LogP contribution in [0.3, 0.4) is 0 Å². The molecular formula is C17H20BrN. The van der Waals surface area contributed by atoms with Crippen LogP contribution in [0.2, 0.25) is 0 Å². The lowest BCUT2D eigenvalue weighted by molar-refractivity contribution is 0.404. The molecule has 100 valence electrons. The summed E-state index contributed by atoms with van der Waals surface area (Å²) >= 11 is 3.52. The lowest BCUT2D eigenvalue weighted by Crippen LogP contribution is -2.43. The molecule has 0 aromatic heterocycles. The summed E-state index contributed by atoms with van der Waals surface area (Å²) < 4.78 is 1.11. The molecule has 0 saturated heterocycles. The summed E-state index contributed by atoms with van der Waals surface area (Å²) in [4.78, 5) is 0. The first-order valence-electron chi connectivity index (χ1n) is 6.68. The van der Waals surface area contributed by atoms with E-state index in [-0.39, 0.29) is 5.54 Å². The molecule has 0 amide bonds. The summed E-state index contributed by atoms with van der Waals surface area (Å²) in [6.07, 6.45) is 2.78. The highest BCUT2D eigenvalue weighted by molar-refractivity contribution is 9.10. The Hall–Kier alpha value is -1.12. The van der Waals surface area contributed by atoms with Crippen LogP contribution in [-0.4, -0.2) is 5.54 Å². The van der Waals surface area contributed by atoms with E-state index in [1.165, 1.54) is 11.1 Å². The highest BCUT2D eigenvalue weighted by Crippen LogP contribution is 2.22. The Labute approximate surface area is 124 Å². The van der Waals surface area contributed by atoms with Crippen molar-refractivity contribution in [3.8, 4) is 0 Å². The van der Waals surface area contributed by atoms with E-state index in [0.717, 1.165) is 23.7 Å². The summed E-state index contributed by atoms with van der Waals surface area (Å²) in [6.45, 7) is 2.17. The second kappa shape index (κ2) is 6.36. The van der Waals surface area contributed by atoms with Crippen molar-refractivity contribution in [2.75, 3.05) is 0 Å². The molecule has 1 atom stereocenters. The van der Waals surface area contributed by atoms with E-state index in [0.29, 0.717) is 0 Å². The third-order valence-corrected chi connectivity index (χ3v) is 4.04. The molecule has 2 aromatic carbocycles. The van der Waals surface area contributed by atoms with Crippen LogP contribution in [0.25, 0.3) is 0 Å². The van der Waals surface area contributed by atoms with E-state index in [4.69, 9.17) is 5.73 Å². The highest BCUT2D eigenvalue weighted by Gasteiger charge is 2.23. The van der Waals surface area contributed by atoms with Crippen LogP contribution < -0.4 is 5.73 Å². The van der Waals surface area contributed by atoms with Gasteiger partial charge >= 0.3 is 0 Å². The Kier molecular flexibility index (Phi) is 4.78. The molecule has 1 unspecified atom stereocenters. The number of rotatable bonds is 5. The van der Waals surface area contributed by atoms with Crippen molar-refractivity contribution in [1.29, 1.82) is 0 Å². The van der Waals surface area contributed by atoms with Gasteiger partial charge in [0, 0.05) is 10.0 Å². The maximum absolute atomic E-state index is 6.60. The van der Waals surface area contributed by atoms with E-state index < -0.39 is 0 Å². The number of benzene rings is 2. The normalized spacial score (nSPS) is 14.1. The number of hydrogen-bond donors (Lipinski definition) is 1. The number of hydrogen-bond acceptors (Lipinski definition) is 1. The van der Waals surface area contributed by atoms with Crippen LogP contribution in [0.1, 0.15) is 24.5 Å². The van der Waals surface area contributed by atoms with Gasteiger partial charge in [-0.25, -0.2) is 0 Å². The summed E-state index contributed by atoms with van der Waals surface area (Å²) in [5.41, 5.74) is 9.01. The Morgan fingerprint density at radius 1 is 0.947 bits per heavy atom. The summed E-state index contributed by atoms with van der Waals surface area (Å²) in [7, 11) is 0. The van der Waals surface area contributed by atoms with Gasteiger partial charge in [-0.05, 0) is 42.5 Å². The standard InChI is InChI=1S/C17H20BrN/c1-2-17(19,12-14-7-4-3-5-8-14)13-15-9-6-10-16(18)11-15/h3-11H,2,12-13,19H2,1H3. The average molecular weight is 318 g/mol. The molecule has 0 aliphatic rings. The Balaban J connectivity index is 2.14. The second-order valence-corrected chi connectivity index (χ2v) is 6.10. The zero-order valence-corrected chi connectivity index (χ0v) is 12.9. The van der Waals surface area contributed by atoms with E-state index in [2.05, 4.69) is 65.3 Å². The topological polar surface area (TPSA) is 26.0 Å². The number of nitrogens with two attached hydrogens (primary N) is 1. The van der Waals surface area contributed by atoms with Crippen LogP contribution >= 0.6 is 15.9 Å². The van der Waals surface area contributed by atoms with Crippen LogP contribution in [0.4, 0.5) is 0 Å². The molecule has 0 saturated carbocycles. The van der Waals surface area contributed by atoms with E-state index in [1.54, 1.807) is 0 Å². The molecular weight excluding hydrogens is 298 g/mol. The van der Waals surface area contributed by atoms with Crippen LogP contribution in [0, 0.1) is 0 Å². The molecule has 1 nitrogen and oxygen atoms in total. The summed E-state index contributed by atoms with van der Waals surface area (Å²) in [5, 5.41) is 0. The van der Waals surface area contributed by atoms with Gasteiger partial charge in [0.25, 0.3) is 0 Å². The molecule has 0 spiro atoms. The van der Waals surface area contributed by atoms with Crippen molar-refractivity contribution in [1.82, 2.24) is 0 Å². The fourth-order valence-electron chi connectivity index (χ4n) is 2.37. The summed E-state index contributed by atoms with van der Waals surface area (Å²) in [5.74, 6) is 0. The van der Waals surface area contributed by atoms with E-state index in [9.17, 15) is 0 Å². The largest absolute Gasteiger partial charge is 0.325 e. The van der Waals surface area contributed by atoms with Crippen molar-refractivity contribution in [2.24, 2.45) is 5.73 Å². The van der Waals surface area contributed by atoms with Crippen LogP contribution in [0.15, 0.2) is 59.1 Å². The van der Waals surface area contributed by atoms with E-state index >= 15 is 0 Å². The minimum atomic E-state index is -0.178. The number of halogens is 1. The molecule has 0 aliphatic carbocycles. The van der Waals surface area contributed by atoms with Crippen molar-refractivity contribution in [3.05, 3.63) is 70.2 Å². The fraction of sp³-hybridized carbons (Fsp3) is 0.294. The molecule has 2 aromatic rings. The lowest BCUT2D eigenvalue weighted by Gasteiger charge is -2.28. The van der Waals surface area contributed by atoms with Gasteiger partial charge in [0.2, 0.25) is 0 Å². The average Bonchev–Trinajstić information content (AvgIpc) is 2.40. The first-order chi connectivity index (χ1) is 9.11. The van der Waals surface area contributed by atoms with Gasteiger partial charge in [-0.15, -0.1) is 0 Å². The maximum atomic E-state index is 6.60. The van der Waals surface area contributed by atoms with Gasteiger partial charge in [0.05, 0.1) is 0 Å². The molecule has 2 N–H and O–H groups in total. The monoisotopic (exact) mass is 317 g/mol. The Bertz CT molecular complexity index is 524. The van der Waals surface area contributed by atoms with E-state index in [1.807, 2.05) is 12.1 Å². The minimum Gasteiger partial charge on any atom is -0.325 e. The Morgan fingerprint density at radius 2 is 1.58 bits per heavy atom. The molecule has 0 heterocycles. The predicted octanol–water partition coefficient (Wildman–Crippen LogP) is 4.34. The maximum Gasteiger partial charge on any atom is 0.0233 e. The fourth-order valence-corrected chi connectivity index (χ4v) is 2.81. The molecule has 0 radical (unpaired) electrons. The zero-order valence-electron chi connectivity index (χ0n) is 11.3. The smallest absolute Gasteiger partial charge is 0.0233 e. The molecule has 2 heteroatoms. The lowest BCUT2D eigenvalue weighted by atomic mass is 9.83. The second-order valence-electron chi connectivity index (χ2n) is 5.18. The van der Waals surface area contributed by atoms with Crippen molar-refractivity contribution in [3.63, 3.8) is 0 Å². The minimum absolute atomic E-state index is 0.178. The molecule has 19 heavy (non-hydrogen) atoms. The van der Waals surface area contributed by atoms with Crippen LogP contribution in [0.5, 0.6) is 0 Å². The quantitative estimate of drug-likeness (QED) is 0.872. The molecule has 0 aliphatic heterocycles. The van der Waals surface area contributed by atoms with Crippen molar-refractivity contribution in [2.45, 2.75) is 31.7 Å².